The van der Waals surface area contributed by atoms with Gasteiger partial charge in [-0.25, -0.2) is 0 Å². The molecule has 0 bridgehead atoms. The van der Waals surface area contributed by atoms with Gasteiger partial charge in [-0.15, -0.1) is 0 Å². The Morgan fingerprint density at radius 2 is 2.14 bits per heavy atom. The van der Waals surface area contributed by atoms with Crippen molar-refractivity contribution < 1.29 is 14.7 Å². The van der Waals surface area contributed by atoms with E-state index in [1.165, 1.54) is 0 Å². The summed E-state index contributed by atoms with van der Waals surface area (Å²) in [5, 5.41) is 11.6. The summed E-state index contributed by atoms with van der Waals surface area (Å²) in [6, 6.07) is 5.55. The molecule has 6 heteroatoms. The highest BCUT2D eigenvalue weighted by Crippen LogP contribution is 2.02. The molecule has 1 amide bonds. The van der Waals surface area contributed by atoms with E-state index in [0.29, 0.717) is 25.6 Å². The molecule has 1 rings (SSSR count). The van der Waals surface area contributed by atoms with Gasteiger partial charge in [0.25, 0.3) is 0 Å². The van der Waals surface area contributed by atoms with E-state index in [0.717, 1.165) is 5.69 Å². The zero-order valence-corrected chi connectivity index (χ0v) is 12.6. The van der Waals surface area contributed by atoms with E-state index in [9.17, 15) is 9.59 Å². The maximum Gasteiger partial charge on any atom is 0.304 e. The third kappa shape index (κ3) is 8.04. The minimum atomic E-state index is -0.872. The number of carboxylic acid groups (broad SMARTS) is 1. The van der Waals surface area contributed by atoms with Crippen LogP contribution in [0.4, 0.5) is 0 Å². The Bertz CT molecular complexity index is 449. The van der Waals surface area contributed by atoms with E-state index < -0.39 is 5.97 Å². The van der Waals surface area contributed by atoms with E-state index in [-0.39, 0.29) is 18.9 Å². The van der Waals surface area contributed by atoms with Crippen LogP contribution in [0.25, 0.3) is 0 Å². The highest BCUT2D eigenvalue weighted by molar-refractivity contribution is 5.78. The predicted molar refractivity (Wildman–Crippen MR) is 79.6 cm³/mol. The normalized spacial score (nSPS) is 10.9. The van der Waals surface area contributed by atoms with Crippen LogP contribution in [0, 0.1) is 5.92 Å². The summed E-state index contributed by atoms with van der Waals surface area (Å²) in [7, 11) is 0. The molecule has 0 atom stereocenters. The number of hydrogen-bond donors (Lipinski definition) is 2. The first-order chi connectivity index (χ1) is 9.97. The summed E-state index contributed by atoms with van der Waals surface area (Å²) in [4.78, 5) is 28.6. The van der Waals surface area contributed by atoms with Gasteiger partial charge in [0, 0.05) is 25.8 Å². The molecule has 0 aliphatic rings. The maximum atomic E-state index is 11.9. The molecule has 0 saturated heterocycles. The van der Waals surface area contributed by atoms with Gasteiger partial charge < -0.3 is 10.4 Å². The molecule has 116 valence electrons. The highest BCUT2D eigenvalue weighted by atomic mass is 16.4. The van der Waals surface area contributed by atoms with Crippen LogP contribution in [0.1, 0.15) is 26.0 Å². The summed E-state index contributed by atoms with van der Waals surface area (Å²) in [5.41, 5.74) is 0.819. The summed E-state index contributed by atoms with van der Waals surface area (Å²) < 4.78 is 0. The van der Waals surface area contributed by atoms with Gasteiger partial charge >= 0.3 is 5.97 Å². The van der Waals surface area contributed by atoms with Crippen LogP contribution in [0.2, 0.25) is 0 Å². The number of nitrogens with zero attached hydrogens (tertiary/aromatic N) is 2. The molecule has 21 heavy (non-hydrogen) atoms. The van der Waals surface area contributed by atoms with Crippen molar-refractivity contribution in [2.24, 2.45) is 5.92 Å². The number of amides is 1. The molecule has 1 heterocycles. The molecule has 2 N–H and O–H groups in total. The van der Waals surface area contributed by atoms with Crippen molar-refractivity contribution in [1.82, 2.24) is 15.2 Å². The first kappa shape index (κ1) is 17.1. The molecular weight excluding hydrogens is 270 g/mol. The van der Waals surface area contributed by atoms with Gasteiger partial charge in [-0.05, 0) is 18.1 Å². The molecule has 0 saturated carbocycles. The van der Waals surface area contributed by atoms with Gasteiger partial charge in [0.05, 0.1) is 18.7 Å². The van der Waals surface area contributed by atoms with Crippen LogP contribution >= 0.6 is 0 Å². The number of aromatic nitrogens is 1. The Morgan fingerprint density at radius 3 is 2.71 bits per heavy atom. The summed E-state index contributed by atoms with van der Waals surface area (Å²) in [6.45, 7) is 5.63. The second-order valence-corrected chi connectivity index (χ2v) is 5.37. The fourth-order valence-corrected chi connectivity index (χ4v) is 1.77. The molecule has 6 nitrogen and oxygen atoms in total. The van der Waals surface area contributed by atoms with Gasteiger partial charge in [-0.2, -0.15) is 0 Å². The minimum Gasteiger partial charge on any atom is -0.481 e. The van der Waals surface area contributed by atoms with Crippen molar-refractivity contribution in [1.29, 1.82) is 0 Å². The Balaban J connectivity index is 2.55. The van der Waals surface area contributed by atoms with Crippen LogP contribution in [-0.4, -0.2) is 46.5 Å². The second kappa shape index (κ2) is 9.07. The van der Waals surface area contributed by atoms with Gasteiger partial charge in [-0.1, -0.05) is 19.9 Å². The Labute approximate surface area is 125 Å². The monoisotopic (exact) mass is 293 g/mol. The lowest BCUT2D eigenvalue weighted by atomic mass is 10.2. The van der Waals surface area contributed by atoms with Gasteiger partial charge in [0.1, 0.15) is 0 Å². The fourth-order valence-electron chi connectivity index (χ4n) is 1.77. The van der Waals surface area contributed by atoms with Crippen molar-refractivity contribution in [2.45, 2.75) is 26.8 Å². The summed E-state index contributed by atoms with van der Waals surface area (Å²) in [6.07, 6.45) is 1.69. The zero-order valence-electron chi connectivity index (χ0n) is 12.6. The van der Waals surface area contributed by atoms with Crippen molar-refractivity contribution in [3.05, 3.63) is 30.1 Å². The topological polar surface area (TPSA) is 82.5 Å². The van der Waals surface area contributed by atoms with E-state index in [2.05, 4.69) is 10.3 Å². The minimum absolute atomic E-state index is 0.00426. The lowest BCUT2D eigenvalue weighted by Gasteiger charge is -2.21. The molecule has 0 fully saturated rings. The largest absolute Gasteiger partial charge is 0.481 e. The van der Waals surface area contributed by atoms with E-state index in [1.54, 1.807) is 11.1 Å². The van der Waals surface area contributed by atoms with Gasteiger partial charge in [0.2, 0.25) is 5.91 Å². The lowest BCUT2D eigenvalue weighted by Crippen LogP contribution is -2.39. The fraction of sp³-hybridized carbons (Fsp3) is 0.533. The first-order valence-corrected chi connectivity index (χ1v) is 7.08. The molecule has 1 aromatic heterocycles. The number of carbonyl (C=O) groups is 2. The first-order valence-electron chi connectivity index (χ1n) is 7.08. The maximum absolute atomic E-state index is 11.9. The Morgan fingerprint density at radius 1 is 1.38 bits per heavy atom. The molecule has 0 unspecified atom stereocenters. The van der Waals surface area contributed by atoms with Crippen molar-refractivity contribution in [3.63, 3.8) is 0 Å². The molecule has 0 aromatic carbocycles. The number of nitrogens with one attached hydrogen (secondary N) is 1. The number of pyridine rings is 1. The summed E-state index contributed by atoms with van der Waals surface area (Å²) in [5.74, 6) is -0.578. The average Bonchev–Trinajstić information content (AvgIpc) is 2.43. The number of carbonyl (C=O) groups excluding carboxylic acids is 1. The number of rotatable bonds is 9. The Kier molecular flexibility index (Phi) is 7.39. The lowest BCUT2D eigenvalue weighted by molar-refractivity contribution is -0.137. The van der Waals surface area contributed by atoms with E-state index in [4.69, 9.17) is 5.11 Å². The molecule has 0 aliphatic carbocycles. The molecule has 0 radical (unpaired) electrons. The third-order valence-electron chi connectivity index (χ3n) is 2.83. The second-order valence-electron chi connectivity index (χ2n) is 5.37. The van der Waals surface area contributed by atoms with Crippen molar-refractivity contribution in [2.75, 3.05) is 19.6 Å². The number of hydrogen-bond acceptors (Lipinski definition) is 4. The SMILES string of the molecule is CC(C)CNC(=O)CN(CCC(=O)O)Cc1ccccn1. The van der Waals surface area contributed by atoms with E-state index >= 15 is 0 Å². The van der Waals surface area contributed by atoms with Crippen LogP contribution in [0.15, 0.2) is 24.4 Å². The van der Waals surface area contributed by atoms with Gasteiger partial charge in [-0.3, -0.25) is 19.5 Å². The standard InChI is InChI=1S/C15H23N3O3/c1-12(2)9-17-14(19)11-18(8-6-15(20)21)10-13-5-3-4-7-16-13/h3-5,7,12H,6,8-11H2,1-2H3,(H,17,19)(H,20,21). The molecule has 1 aromatic rings. The molecule has 0 spiro atoms. The van der Waals surface area contributed by atoms with Crippen LogP contribution in [-0.2, 0) is 16.1 Å². The molecular formula is C15H23N3O3. The van der Waals surface area contributed by atoms with Crippen molar-refractivity contribution in [3.8, 4) is 0 Å². The zero-order chi connectivity index (χ0) is 15.7. The van der Waals surface area contributed by atoms with Gasteiger partial charge in [0.15, 0.2) is 0 Å². The quantitative estimate of drug-likeness (QED) is 0.713. The predicted octanol–water partition coefficient (Wildman–Crippen LogP) is 1.13. The number of aliphatic carboxylic acids is 1. The van der Waals surface area contributed by atoms with Crippen LogP contribution in [0.3, 0.4) is 0 Å². The summed E-state index contributed by atoms with van der Waals surface area (Å²) >= 11 is 0. The van der Waals surface area contributed by atoms with E-state index in [1.807, 2.05) is 32.0 Å². The number of carboxylic acids is 1. The third-order valence-corrected chi connectivity index (χ3v) is 2.83. The van der Waals surface area contributed by atoms with Crippen molar-refractivity contribution >= 4 is 11.9 Å². The van der Waals surface area contributed by atoms with Crippen LogP contribution in [0.5, 0.6) is 0 Å². The van der Waals surface area contributed by atoms with Crippen LogP contribution < -0.4 is 5.32 Å². The Hall–Kier alpha value is -1.95. The average molecular weight is 293 g/mol. The smallest absolute Gasteiger partial charge is 0.304 e. The highest BCUT2D eigenvalue weighted by Gasteiger charge is 2.13. The molecule has 0 aliphatic heterocycles.